The van der Waals surface area contributed by atoms with Crippen LogP contribution in [0.3, 0.4) is 0 Å². The molecule has 0 bridgehead atoms. The molecule has 0 radical (unpaired) electrons. The molecule has 3 heterocycles. The first-order valence-electron chi connectivity index (χ1n) is 13.0. The third-order valence-corrected chi connectivity index (χ3v) is 9.34. The van der Waals surface area contributed by atoms with E-state index in [0.29, 0.717) is 11.1 Å². The lowest BCUT2D eigenvalue weighted by Gasteiger charge is -2.49. The molecular weight excluding hydrogens is 564 g/mol. The van der Waals surface area contributed by atoms with E-state index < -0.39 is 52.6 Å². The maximum Gasteiger partial charge on any atom is 0.356 e. The molecule has 2 aromatic carbocycles. The lowest BCUT2D eigenvalue weighted by atomic mass is 9.99. The quantitative estimate of drug-likeness (QED) is 0.230. The van der Waals surface area contributed by atoms with Crippen LogP contribution >= 0.6 is 11.3 Å². The minimum atomic E-state index is -1.69. The van der Waals surface area contributed by atoms with E-state index in [4.69, 9.17) is 9.47 Å². The van der Waals surface area contributed by atoms with Gasteiger partial charge in [-0.25, -0.2) is 4.79 Å². The van der Waals surface area contributed by atoms with Gasteiger partial charge in [0.25, 0.3) is 5.91 Å². The number of ether oxygens (including phenoxy) is 2. The molecule has 4 atom stereocenters. The van der Waals surface area contributed by atoms with E-state index >= 15 is 0 Å². The van der Waals surface area contributed by atoms with Crippen LogP contribution in [0.2, 0.25) is 0 Å². The SMILES string of the molecule is CC(=O)OC(C)C1=C(C(=O)OC(c2ccccc2)c2ccccc2)N2C(=O)C(NC(=O)Cc3cccs3)[C@H]2[S+]([O-])C1. The zero-order valence-electron chi connectivity index (χ0n) is 22.4. The molecule has 0 aliphatic carbocycles. The van der Waals surface area contributed by atoms with Gasteiger partial charge in [0.1, 0.15) is 17.6 Å². The fraction of sp³-hybridized carbons (Fsp3) is 0.267. The van der Waals surface area contributed by atoms with Crippen LogP contribution in [0.25, 0.3) is 0 Å². The lowest BCUT2D eigenvalue weighted by molar-refractivity contribution is -0.155. The van der Waals surface area contributed by atoms with Crippen LogP contribution in [0.15, 0.2) is 89.4 Å². The number of nitrogens with zero attached hydrogens (tertiary/aromatic N) is 1. The van der Waals surface area contributed by atoms with Gasteiger partial charge in [-0.3, -0.25) is 19.3 Å². The van der Waals surface area contributed by atoms with Gasteiger partial charge in [-0.15, -0.1) is 11.3 Å². The van der Waals surface area contributed by atoms with Gasteiger partial charge >= 0.3 is 11.9 Å². The number of amides is 2. The van der Waals surface area contributed by atoms with E-state index in [1.165, 1.54) is 18.3 Å². The Morgan fingerprint density at radius 2 is 1.66 bits per heavy atom. The number of hydrogen-bond donors (Lipinski definition) is 1. The molecule has 1 N–H and O–H groups in total. The molecule has 11 heteroatoms. The van der Waals surface area contributed by atoms with E-state index in [-0.39, 0.29) is 29.4 Å². The van der Waals surface area contributed by atoms with Crippen LogP contribution in [0.5, 0.6) is 0 Å². The van der Waals surface area contributed by atoms with Gasteiger partial charge in [0.2, 0.25) is 11.3 Å². The van der Waals surface area contributed by atoms with Gasteiger partial charge in [-0.1, -0.05) is 66.7 Å². The van der Waals surface area contributed by atoms with E-state index in [2.05, 4.69) is 5.32 Å². The van der Waals surface area contributed by atoms with E-state index in [1.807, 2.05) is 78.2 Å². The number of carbonyl (C=O) groups excluding carboxylic acids is 4. The molecule has 1 aromatic heterocycles. The first-order chi connectivity index (χ1) is 19.7. The van der Waals surface area contributed by atoms with Crippen molar-refractivity contribution in [3.63, 3.8) is 0 Å². The molecule has 9 nitrogen and oxygen atoms in total. The van der Waals surface area contributed by atoms with Crippen LogP contribution in [-0.4, -0.2) is 56.5 Å². The van der Waals surface area contributed by atoms with Crippen molar-refractivity contribution in [2.45, 2.75) is 43.9 Å². The van der Waals surface area contributed by atoms with E-state index in [1.54, 1.807) is 6.92 Å². The van der Waals surface area contributed by atoms with Crippen LogP contribution in [-0.2, 0) is 46.2 Å². The summed E-state index contributed by atoms with van der Waals surface area (Å²) in [7, 11) is 0. The molecule has 1 fully saturated rings. The van der Waals surface area contributed by atoms with Crippen molar-refractivity contribution in [1.29, 1.82) is 0 Å². The number of nitrogens with one attached hydrogen (secondary N) is 1. The molecule has 41 heavy (non-hydrogen) atoms. The van der Waals surface area contributed by atoms with Crippen molar-refractivity contribution < 1.29 is 33.2 Å². The topological polar surface area (TPSA) is 125 Å². The van der Waals surface area contributed by atoms with Crippen LogP contribution < -0.4 is 5.32 Å². The van der Waals surface area contributed by atoms with Crippen molar-refractivity contribution in [3.8, 4) is 0 Å². The van der Waals surface area contributed by atoms with Crippen molar-refractivity contribution in [2.75, 3.05) is 5.75 Å². The second-order valence-corrected chi connectivity index (χ2v) is 12.2. The number of carbonyl (C=O) groups is 4. The predicted molar refractivity (Wildman–Crippen MR) is 153 cm³/mol. The number of rotatable bonds is 9. The third-order valence-electron chi connectivity index (χ3n) is 6.84. The standard InChI is InChI=1S/C30H28N2O7S2/c1-18(38-19(2)33)23-17-41(37)29-25(31-24(34)16-22-14-9-15-40-22)28(35)32(29)26(23)30(36)39-27(20-10-5-3-6-11-20)21-12-7-4-8-13-21/h3-15,18,25,27,29H,16-17H2,1-2H3,(H,31,34)/t18?,25?,29-,41?/m1/s1. The molecule has 0 spiro atoms. The smallest absolute Gasteiger partial charge is 0.356 e. The summed E-state index contributed by atoms with van der Waals surface area (Å²) in [4.78, 5) is 53.8. The third kappa shape index (κ3) is 6.07. The average Bonchev–Trinajstić information content (AvgIpc) is 3.47. The number of thiophene rings is 1. The Bertz CT molecular complexity index is 1420. The Kier molecular flexibility index (Phi) is 8.57. The second kappa shape index (κ2) is 12.3. The average molecular weight is 593 g/mol. The first kappa shape index (κ1) is 28.6. The molecule has 212 valence electrons. The Balaban J connectivity index is 1.46. The molecule has 0 saturated carbocycles. The maximum absolute atomic E-state index is 13.9. The summed E-state index contributed by atoms with van der Waals surface area (Å²) in [6.07, 6.45) is -1.66. The number of esters is 2. The lowest BCUT2D eigenvalue weighted by Crippen LogP contribution is -2.75. The van der Waals surface area contributed by atoms with Gasteiger partial charge in [0.05, 0.1) is 12.0 Å². The molecule has 3 aromatic rings. The molecule has 3 unspecified atom stereocenters. The highest BCUT2D eigenvalue weighted by molar-refractivity contribution is 7.92. The zero-order valence-corrected chi connectivity index (χ0v) is 24.0. The minimum Gasteiger partial charge on any atom is -0.614 e. The summed E-state index contributed by atoms with van der Waals surface area (Å²) < 4.78 is 24.8. The van der Waals surface area contributed by atoms with Crippen LogP contribution in [0, 0.1) is 0 Å². The first-order valence-corrected chi connectivity index (χ1v) is 15.2. The second-order valence-electron chi connectivity index (χ2n) is 9.66. The maximum atomic E-state index is 13.9. The van der Waals surface area contributed by atoms with Crippen molar-refractivity contribution in [1.82, 2.24) is 10.2 Å². The van der Waals surface area contributed by atoms with Crippen molar-refractivity contribution >= 4 is 46.3 Å². The van der Waals surface area contributed by atoms with Gasteiger partial charge < -0.3 is 19.3 Å². The summed E-state index contributed by atoms with van der Waals surface area (Å²) >= 11 is -0.269. The Labute approximate surface area is 244 Å². The predicted octanol–water partition coefficient (Wildman–Crippen LogP) is 3.24. The van der Waals surface area contributed by atoms with Gasteiger partial charge in [0, 0.05) is 11.8 Å². The minimum absolute atomic E-state index is 0.0795. The molecule has 5 rings (SSSR count). The Morgan fingerprint density at radius 1 is 1.02 bits per heavy atom. The fourth-order valence-corrected chi connectivity index (χ4v) is 7.45. The fourth-order valence-electron chi connectivity index (χ4n) is 4.97. The van der Waals surface area contributed by atoms with E-state index in [0.717, 1.165) is 9.78 Å². The number of benzene rings is 2. The van der Waals surface area contributed by atoms with Crippen molar-refractivity contribution in [2.24, 2.45) is 0 Å². The van der Waals surface area contributed by atoms with Gasteiger partial charge in [-0.05, 0) is 40.7 Å². The molecular formula is C30H28N2O7S2. The highest BCUT2D eigenvalue weighted by Crippen LogP contribution is 2.40. The normalized spacial score (nSPS) is 20.6. The van der Waals surface area contributed by atoms with E-state index in [9.17, 15) is 23.7 Å². The zero-order chi connectivity index (χ0) is 29.1. The summed E-state index contributed by atoms with van der Waals surface area (Å²) in [5.74, 6) is -2.52. The largest absolute Gasteiger partial charge is 0.614 e. The summed E-state index contributed by atoms with van der Waals surface area (Å²) in [6.45, 7) is 2.78. The molecule has 2 aliphatic rings. The summed E-state index contributed by atoms with van der Waals surface area (Å²) in [5.41, 5.74) is 1.53. The number of β-lactam (4-membered cyclic amide) rings is 1. The monoisotopic (exact) mass is 592 g/mol. The molecule has 2 aliphatic heterocycles. The van der Waals surface area contributed by atoms with Crippen molar-refractivity contribution in [3.05, 3.63) is 105 Å². The van der Waals surface area contributed by atoms with Gasteiger partial charge in [-0.2, -0.15) is 0 Å². The highest BCUT2D eigenvalue weighted by atomic mass is 32.2. The Hall–Kier alpha value is -3.93. The number of fused-ring (bicyclic) bond motifs is 1. The van der Waals surface area contributed by atoms with Crippen LogP contribution in [0.1, 0.15) is 36.0 Å². The highest BCUT2D eigenvalue weighted by Gasteiger charge is 2.61. The van der Waals surface area contributed by atoms with Crippen LogP contribution in [0.4, 0.5) is 0 Å². The molecule has 2 amide bonds. The summed E-state index contributed by atoms with van der Waals surface area (Å²) in [6, 6.07) is 20.9. The number of hydrogen-bond acceptors (Lipinski definition) is 8. The molecule has 1 saturated heterocycles. The Morgan fingerprint density at radius 3 is 2.22 bits per heavy atom. The van der Waals surface area contributed by atoms with Gasteiger partial charge in [0.15, 0.2) is 12.1 Å². The summed E-state index contributed by atoms with van der Waals surface area (Å²) in [5, 5.41) is 3.57.